The molecular weight excluding hydrogens is 371 g/mol. The van der Waals surface area contributed by atoms with Gasteiger partial charge >= 0.3 is 6.18 Å². The highest BCUT2D eigenvalue weighted by Crippen LogP contribution is 2.27. The Morgan fingerprint density at radius 1 is 1.14 bits per heavy atom. The number of nitrogens with zero attached hydrogens (tertiary/aromatic N) is 4. The molecule has 0 saturated carbocycles. The lowest BCUT2D eigenvalue weighted by molar-refractivity contribution is -0.141. The molecule has 0 fully saturated rings. The maximum atomic E-state index is 12.6. The summed E-state index contributed by atoms with van der Waals surface area (Å²) in [5.74, 6) is 0.506. The SMILES string of the molecule is O=c1[nH]c(-c2ccncc2)nc2c1CN(Cc1ccc(C(F)(F)F)nc1)CC2. The zero-order chi connectivity index (χ0) is 19.7. The maximum Gasteiger partial charge on any atom is 0.433 e. The highest BCUT2D eigenvalue weighted by molar-refractivity contribution is 5.54. The molecule has 0 atom stereocenters. The molecule has 144 valence electrons. The van der Waals surface area contributed by atoms with Crippen LogP contribution < -0.4 is 5.56 Å². The molecule has 0 spiro atoms. The predicted octanol–water partition coefficient (Wildman–Crippen LogP) is 2.80. The molecule has 0 aromatic carbocycles. The molecule has 4 rings (SSSR count). The van der Waals surface area contributed by atoms with Crippen LogP contribution >= 0.6 is 0 Å². The van der Waals surface area contributed by atoms with E-state index in [4.69, 9.17) is 0 Å². The Morgan fingerprint density at radius 3 is 2.61 bits per heavy atom. The van der Waals surface area contributed by atoms with Crippen molar-refractivity contribution in [3.8, 4) is 11.4 Å². The van der Waals surface area contributed by atoms with E-state index in [9.17, 15) is 18.0 Å². The fraction of sp³-hybridized carbons (Fsp3) is 0.263. The van der Waals surface area contributed by atoms with Crippen molar-refractivity contribution in [2.75, 3.05) is 6.54 Å². The van der Waals surface area contributed by atoms with Crippen molar-refractivity contribution in [3.63, 3.8) is 0 Å². The first-order chi connectivity index (χ1) is 13.4. The Balaban J connectivity index is 1.51. The van der Waals surface area contributed by atoms with E-state index in [2.05, 4.69) is 19.9 Å². The lowest BCUT2D eigenvalue weighted by Crippen LogP contribution is -2.35. The number of hydrogen-bond donors (Lipinski definition) is 1. The number of aromatic amines is 1. The zero-order valence-corrected chi connectivity index (χ0v) is 14.7. The molecule has 0 radical (unpaired) electrons. The van der Waals surface area contributed by atoms with Gasteiger partial charge in [-0.2, -0.15) is 13.2 Å². The van der Waals surface area contributed by atoms with Gasteiger partial charge in [0, 0.05) is 50.2 Å². The molecule has 1 aliphatic rings. The van der Waals surface area contributed by atoms with Crippen molar-refractivity contribution in [1.82, 2.24) is 24.8 Å². The van der Waals surface area contributed by atoms with E-state index in [1.54, 1.807) is 24.5 Å². The molecule has 1 N–H and O–H groups in total. The first-order valence-corrected chi connectivity index (χ1v) is 8.67. The van der Waals surface area contributed by atoms with Gasteiger partial charge in [0.1, 0.15) is 11.5 Å². The van der Waals surface area contributed by atoms with Crippen molar-refractivity contribution in [2.24, 2.45) is 0 Å². The number of fused-ring (bicyclic) bond motifs is 1. The number of pyridine rings is 2. The third-order valence-corrected chi connectivity index (χ3v) is 4.62. The fourth-order valence-electron chi connectivity index (χ4n) is 3.21. The van der Waals surface area contributed by atoms with Crippen LogP contribution in [-0.2, 0) is 25.7 Å². The Morgan fingerprint density at radius 2 is 1.93 bits per heavy atom. The summed E-state index contributed by atoms with van der Waals surface area (Å²) < 4.78 is 37.9. The third kappa shape index (κ3) is 3.79. The largest absolute Gasteiger partial charge is 0.433 e. The Bertz CT molecular complexity index is 1030. The number of halogens is 3. The number of H-pyrrole nitrogens is 1. The molecule has 0 saturated heterocycles. The minimum Gasteiger partial charge on any atom is -0.306 e. The molecule has 3 aromatic rings. The molecule has 1 aliphatic heterocycles. The van der Waals surface area contributed by atoms with Crippen LogP contribution in [0, 0.1) is 0 Å². The summed E-state index contributed by atoms with van der Waals surface area (Å²) in [7, 11) is 0. The maximum absolute atomic E-state index is 12.6. The molecule has 9 heteroatoms. The molecular formula is C19H16F3N5O. The van der Waals surface area contributed by atoms with Crippen molar-refractivity contribution >= 4 is 0 Å². The Labute approximate surface area is 158 Å². The molecule has 6 nitrogen and oxygen atoms in total. The van der Waals surface area contributed by atoms with Crippen LogP contribution in [0.5, 0.6) is 0 Å². The first kappa shape index (κ1) is 18.3. The Hall–Kier alpha value is -3.07. The molecule has 0 amide bonds. The van der Waals surface area contributed by atoms with Gasteiger partial charge in [0.2, 0.25) is 0 Å². The van der Waals surface area contributed by atoms with Crippen LogP contribution in [0.2, 0.25) is 0 Å². The summed E-state index contributed by atoms with van der Waals surface area (Å²) in [6.45, 7) is 1.45. The second-order valence-corrected chi connectivity index (χ2v) is 6.59. The summed E-state index contributed by atoms with van der Waals surface area (Å²) in [6, 6.07) is 5.94. The first-order valence-electron chi connectivity index (χ1n) is 8.67. The minimum atomic E-state index is -4.45. The molecule has 0 bridgehead atoms. The molecule has 0 unspecified atom stereocenters. The van der Waals surface area contributed by atoms with Gasteiger partial charge in [0.15, 0.2) is 0 Å². The van der Waals surface area contributed by atoms with Crippen LogP contribution in [0.1, 0.15) is 22.5 Å². The van der Waals surface area contributed by atoms with Gasteiger partial charge in [0.05, 0.1) is 11.3 Å². The molecule has 3 aromatic heterocycles. The standard InChI is InChI=1S/C19H16F3N5O/c20-19(21,22)16-2-1-12(9-24-16)10-27-8-5-15-14(11-27)18(28)26-17(25-15)13-3-6-23-7-4-13/h1-4,6-7,9H,5,8,10-11H2,(H,25,26,28). The number of nitrogens with one attached hydrogen (secondary N) is 1. The van der Waals surface area contributed by atoms with Crippen LogP contribution in [-0.4, -0.2) is 31.4 Å². The quantitative estimate of drug-likeness (QED) is 0.748. The van der Waals surface area contributed by atoms with Crippen LogP contribution in [0.3, 0.4) is 0 Å². The van der Waals surface area contributed by atoms with Crippen molar-refractivity contribution < 1.29 is 13.2 Å². The van der Waals surface area contributed by atoms with E-state index < -0.39 is 11.9 Å². The van der Waals surface area contributed by atoms with Crippen molar-refractivity contribution in [2.45, 2.75) is 25.7 Å². The summed E-state index contributed by atoms with van der Waals surface area (Å²) in [6.07, 6.45) is 0.635. The van der Waals surface area contributed by atoms with E-state index in [-0.39, 0.29) is 5.56 Å². The smallest absolute Gasteiger partial charge is 0.306 e. The molecule has 4 heterocycles. The summed E-state index contributed by atoms with van der Waals surface area (Å²) in [5, 5.41) is 0. The van der Waals surface area contributed by atoms with Gasteiger partial charge in [-0.3, -0.25) is 19.7 Å². The summed E-state index contributed by atoms with van der Waals surface area (Å²) in [4.78, 5) is 29.4. The van der Waals surface area contributed by atoms with Gasteiger partial charge in [-0.05, 0) is 23.8 Å². The van der Waals surface area contributed by atoms with Crippen LogP contribution in [0.4, 0.5) is 13.2 Å². The average Bonchev–Trinajstić information content (AvgIpc) is 2.69. The Kier molecular flexibility index (Phi) is 4.68. The van der Waals surface area contributed by atoms with E-state index in [0.29, 0.717) is 43.0 Å². The van der Waals surface area contributed by atoms with E-state index in [1.165, 1.54) is 12.3 Å². The number of alkyl halides is 3. The second kappa shape index (κ2) is 7.16. The monoisotopic (exact) mass is 387 g/mol. The van der Waals surface area contributed by atoms with Gasteiger partial charge in [-0.1, -0.05) is 6.07 Å². The van der Waals surface area contributed by atoms with E-state index in [1.807, 2.05) is 4.90 Å². The molecule has 0 aliphatic carbocycles. The molecule has 28 heavy (non-hydrogen) atoms. The van der Waals surface area contributed by atoms with Gasteiger partial charge in [-0.25, -0.2) is 4.98 Å². The number of hydrogen-bond acceptors (Lipinski definition) is 5. The average molecular weight is 387 g/mol. The number of aromatic nitrogens is 4. The lowest BCUT2D eigenvalue weighted by Gasteiger charge is -2.27. The van der Waals surface area contributed by atoms with Gasteiger partial charge < -0.3 is 4.98 Å². The zero-order valence-electron chi connectivity index (χ0n) is 14.7. The fourth-order valence-corrected chi connectivity index (χ4v) is 3.21. The van der Waals surface area contributed by atoms with Gasteiger partial charge in [0.25, 0.3) is 5.56 Å². The lowest BCUT2D eigenvalue weighted by atomic mass is 10.1. The highest BCUT2D eigenvalue weighted by Gasteiger charge is 2.32. The predicted molar refractivity (Wildman–Crippen MR) is 95.1 cm³/mol. The van der Waals surface area contributed by atoms with Crippen LogP contribution in [0.25, 0.3) is 11.4 Å². The highest BCUT2D eigenvalue weighted by atomic mass is 19.4. The third-order valence-electron chi connectivity index (χ3n) is 4.62. The van der Waals surface area contributed by atoms with E-state index >= 15 is 0 Å². The topological polar surface area (TPSA) is 74.8 Å². The van der Waals surface area contributed by atoms with Crippen molar-refractivity contribution in [3.05, 3.63) is 75.7 Å². The van der Waals surface area contributed by atoms with E-state index in [0.717, 1.165) is 17.3 Å². The normalized spacial score (nSPS) is 14.7. The summed E-state index contributed by atoms with van der Waals surface area (Å²) >= 11 is 0. The second-order valence-electron chi connectivity index (χ2n) is 6.59. The van der Waals surface area contributed by atoms with Crippen molar-refractivity contribution in [1.29, 1.82) is 0 Å². The summed E-state index contributed by atoms with van der Waals surface area (Å²) in [5.41, 5.74) is 1.67. The number of rotatable bonds is 3. The minimum absolute atomic E-state index is 0.202. The van der Waals surface area contributed by atoms with Gasteiger partial charge in [-0.15, -0.1) is 0 Å². The van der Waals surface area contributed by atoms with Crippen LogP contribution in [0.15, 0.2) is 47.7 Å².